The summed E-state index contributed by atoms with van der Waals surface area (Å²) in [6.45, 7) is 0.303. The van der Waals surface area contributed by atoms with Gasteiger partial charge in [-0.3, -0.25) is 0 Å². The number of isocyanates is 1. The van der Waals surface area contributed by atoms with E-state index in [2.05, 4.69) is 4.99 Å². The van der Waals surface area contributed by atoms with Gasteiger partial charge < -0.3 is 4.74 Å². The molecule has 0 atom stereocenters. The Hall–Kier alpha value is -1.31. The monoisotopic (exact) mass is 197 g/mol. The summed E-state index contributed by atoms with van der Waals surface area (Å²) in [6.07, 6.45) is 1.47. The standard InChI is InChI=1S/C9H8ClNO2/c1-13-9-4-7(5-11-6-12)2-3-8(9)10/h2-4H,5H2,1H3. The zero-order valence-corrected chi connectivity index (χ0v) is 7.84. The first-order chi connectivity index (χ1) is 6.27. The highest BCUT2D eigenvalue weighted by molar-refractivity contribution is 6.32. The Kier molecular flexibility index (Phi) is 3.50. The summed E-state index contributed by atoms with van der Waals surface area (Å²) in [6, 6.07) is 5.23. The maximum Gasteiger partial charge on any atom is 0.235 e. The molecule has 13 heavy (non-hydrogen) atoms. The number of ether oxygens (including phenoxy) is 1. The van der Waals surface area contributed by atoms with Crippen LogP contribution in [-0.2, 0) is 11.3 Å². The van der Waals surface area contributed by atoms with E-state index in [0.717, 1.165) is 5.56 Å². The molecule has 0 aromatic heterocycles. The second kappa shape index (κ2) is 4.65. The first-order valence-corrected chi connectivity index (χ1v) is 4.01. The van der Waals surface area contributed by atoms with Crippen LogP contribution in [0.15, 0.2) is 23.2 Å². The number of benzene rings is 1. The highest BCUT2D eigenvalue weighted by Crippen LogP contribution is 2.25. The van der Waals surface area contributed by atoms with Gasteiger partial charge in [-0.2, -0.15) is 0 Å². The van der Waals surface area contributed by atoms with Crippen molar-refractivity contribution >= 4 is 17.7 Å². The number of hydrogen-bond donors (Lipinski definition) is 0. The third-order valence-electron chi connectivity index (χ3n) is 1.54. The van der Waals surface area contributed by atoms with Crippen LogP contribution in [0, 0.1) is 0 Å². The number of aliphatic imine (C=N–C) groups is 1. The molecule has 0 fully saturated rings. The molecule has 0 spiro atoms. The van der Waals surface area contributed by atoms with Crippen LogP contribution in [0.3, 0.4) is 0 Å². The molecule has 0 saturated heterocycles. The van der Waals surface area contributed by atoms with Crippen molar-refractivity contribution in [3.8, 4) is 5.75 Å². The van der Waals surface area contributed by atoms with E-state index in [1.54, 1.807) is 18.2 Å². The minimum Gasteiger partial charge on any atom is -0.495 e. The summed E-state index contributed by atoms with van der Waals surface area (Å²) >= 11 is 5.80. The molecular weight excluding hydrogens is 190 g/mol. The SMILES string of the molecule is COc1cc(CN=C=O)ccc1Cl. The van der Waals surface area contributed by atoms with Gasteiger partial charge in [0.1, 0.15) is 5.75 Å². The molecule has 0 radical (unpaired) electrons. The smallest absolute Gasteiger partial charge is 0.235 e. The van der Waals surface area contributed by atoms with Crippen molar-refractivity contribution in [2.45, 2.75) is 6.54 Å². The van der Waals surface area contributed by atoms with Crippen LogP contribution in [-0.4, -0.2) is 13.2 Å². The molecule has 1 aromatic carbocycles. The highest BCUT2D eigenvalue weighted by atomic mass is 35.5. The molecule has 0 bridgehead atoms. The van der Waals surface area contributed by atoms with Crippen LogP contribution in [0.1, 0.15) is 5.56 Å². The third-order valence-corrected chi connectivity index (χ3v) is 1.85. The number of methoxy groups -OCH3 is 1. The van der Waals surface area contributed by atoms with E-state index < -0.39 is 0 Å². The Bertz CT molecular complexity index is 345. The lowest BCUT2D eigenvalue weighted by Crippen LogP contribution is -1.87. The van der Waals surface area contributed by atoms with E-state index in [0.29, 0.717) is 17.3 Å². The van der Waals surface area contributed by atoms with Crippen molar-refractivity contribution in [1.29, 1.82) is 0 Å². The Morgan fingerprint density at radius 3 is 3.00 bits per heavy atom. The number of nitrogens with zero attached hydrogens (tertiary/aromatic N) is 1. The Morgan fingerprint density at radius 1 is 1.62 bits per heavy atom. The zero-order valence-electron chi connectivity index (χ0n) is 7.08. The fourth-order valence-corrected chi connectivity index (χ4v) is 1.12. The molecule has 1 aromatic rings. The molecule has 0 amide bonds. The third kappa shape index (κ3) is 2.58. The van der Waals surface area contributed by atoms with Gasteiger partial charge in [0.2, 0.25) is 6.08 Å². The number of hydrogen-bond acceptors (Lipinski definition) is 3. The van der Waals surface area contributed by atoms with Gasteiger partial charge in [-0.1, -0.05) is 17.7 Å². The van der Waals surface area contributed by atoms with Crippen LogP contribution >= 0.6 is 11.6 Å². The predicted molar refractivity (Wildman–Crippen MR) is 49.8 cm³/mol. The van der Waals surface area contributed by atoms with Gasteiger partial charge in [0, 0.05) is 0 Å². The molecule has 0 aliphatic carbocycles. The Morgan fingerprint density at radius 2 is 2.38 bits per heavy atom. The molecule has 0 N–H and O–H groups in total. The largest absolute Gasteiger partial charge is 0.495 e. The van der Waals surface area contributed by atoms with E-state index >= 15 is 0 Å². The first kappa shape index (κ1) is 9.78. The van der Waals surface area contributed by atoms with Crippen LogP contribution in [0.25, 0.3) is 0 Å². The normalized spacial score (nSPS) is 9.08. The molecule has 0 saturated carbocycles. The lowest BCUT2D eigenvalue weighted by atomic mass is 10.2. The minimum atomic E-state index is 0.303. The first-order valence-electron chi connectivity index (χ1n) is 3.64. The number of carbonyl (C=O) groups excluding carboxylic acids is 1. The van der Waals surface area contributed by atoms with Gasteiger partial charge in [-0.25, -0.2) is 9.79 Å². The Labute approximate surface area is 81.0 Å². The van der Waals surface area contributed by atoms with Gasteiger partial charge in [-0.05, 0) is 17.7 Å². The van der Waals surface area contributed by atoms with Crippen LogP contribution in [0.4, 0.5) is 0 Å². The van der Waals surface area contributed by atoms with Crippen molar-refractivity contribution in [2.75, 3.05) is 7.11 Å². The van der Waals surface area contributed by atoms with Crippen molar-refractivity contribution in [2.24, 2.45) is 4.99 Å². The Balaban J connectivity index is 2.92. The fraction of sp³-hybridized carbons (Fsp3) is 0.222. The summed E-state index contributed by atoms with van der Waals surface area (Å²) in [4.78, 5) is 13.3. The average Bonchev–Trinajstić information content (AvgIpc) is 2.16. The average molecular weight is 198 g/mol. The van der Waals surface area contributed by atoms with Crippen LogP contribution in [0.2, 0.25) is 5.02 Å². The molecule has 1 rings (SSSR count). The molecule has 0 heterocycles. The van der Waals surface area contributed by atoms with Crippen LogP contribution < -0.4 is 4.74 Å². The van der Waals surface area contributed by atoms with E-state index in [-0.39, 0.29) is 0 Å². The molecule has 0 unspecified atom stereocenters. The molecule has 0 aliphatic rings. The lowest BCUT2D eigenvalue weighted by Gasteiger charge is -2.03. The van der Waals surface area contributed by atoms with Crippen molar-refractivity contribution < 1.29 is 9.53 Å². The maximum atomic E-state index is 9.85. The fourth-order valence-electron chi connectivity index (χ4n) is 0.926. The highest BCUT2D eigenvalue weighted by Gasteiger charge is 2.00. The predicted octanol–water partition coefficient (Wildman–Crippen LogP) is 2.18. The topological polar surface area (TPSA) is 38.7 Å². The van der Waals surface area contributed by atoms with E-state index in [1.807, 2.05) is 0 Å². The van der Waals surface area contributed by atoms with E-state index in [9.17, 15) is 4.79 Å². The lowest BCUT2D eigenvalue weighted by molar-refractivity contribution is 0.414. The maximum absolute atomic E-state index is 9.85. The molecule has 4 heteroatoms. The van der Waals surface area contributed by atoms with E-state index in [1.165, 1.54) is 13.2 Å². The minimum absolute atomic E-state index is 0.303. The van der Waals surface area contributed by atoms with Gasteiger partial charge in [0.15, 0.2) is 0 Å². The number of halogens is 1. The van der Waals surface area contributed by atoms with Gasteiger partial charge >= 0.3 is 0 Å². The van der Waals surface area contributed by atoms with Gasteiger partial charge in [0.25, 0.3) is 0 Å². The molecular formula is C9H8ClNO2. The number of rotatable bonds is 3. The molecule has 3 nitrogen and oxygen atoms in total. The van der Waals surface area contributed by atoms with E-state index in [4.69, 9.17) is 16.3 Å². The summed E-state index contributed by atoms with van der Waals surface area (Å²) in [5, 5.41) is 0.543. The second-order valence-corrected chi connectivity index (χ2v) is 2.78. The zero-order chi connectivity index (χ0) is 9.68. The summed E-state index contributed by atoms with van der Waals surface area (Å²) in [7, 11) is 1.54. The van der Waals surface area contributed by atoms with Crippen molar-refractivity contribution in [3.05, 3.63) is 28.8 Å². The van der Waals surface area contributed by atoms with Crippen molar-refractivity contribution in [1.82, 2.24) is 0 Å². The van der Waals surface area contributed by atoms with Gasteiger partial charge in [-0.15, -0.1) is 0 Å². The quantitative estimate of drug-likeness (QED) is 0.550. The van der Waals surface area contributed by atoms with Crippen molar-refractivity contribution in [3.63, 3.8) is 0 Å². The second-order valence-electron chi connectivity index (χ2n) is 2.38. The van der Waals surface area contributed by atoms with Gasteiger partial charge in [0.05, 0.1) is 18.7 Å². The summed E-state index contributed by atoms with van der Waals surface area (Å²) in [5.41, 5.74) is 0.865. The summed E-state index contributed by atoms with van der Waals surface area (Å²) < 4.78 is 4.99. The molecule has 0 aliphatic heterocycles. The summed E-state index contributed by atoms with van der Waals surface area (Å²) in [5.74, 6) is 0.584. The molecule has 68 valence electrons. The van der Waals surface area contributed by atoms with Crippen LogP contribution in [0.5, 0.6) is 5.75 Å².